The maximum absolute atomic E-state index is 12.7. The van der Waals surface area contributed by atoms with Gasteiger partial charge in [-0.3, -0.25) is 0 Å². The highest BCUT2D eigenvalue weighted by Crippen LogP contribution is 2.39. The molecule has 2 aliphatic rings. The van der Waals surface area contributed by atoms with Gasteiger partial charge in [0.2, 0.25) is 10.0 Å². The van der Waals surface area contributed by atoms with E-state index in [9.17, 15) is 21.6 Å². The Hall–Kier alpha value is -1.08. The molecule has 115 valence electrons. The van der Waals surface area contributed by atoms with E-state index in [4.69, 9.17) is 0 Å². The van der Waals surface area contributed by atoms with Gasteiger partial charge < -0.3 is 0 Å². The van der Waals surface area contributed by atoms with Crippen LogP contribution in [0.2, 0.25) is 0 Å². The highest BCUT2D eigenvalue weighted by atomic mass is 32.2. The monoisotopic (exact) mass is 318 g/mol. The summed E-state index contributed by atoms with van der Waals surface area (Å²) in [6.07, 6.45) is -0.473. The van der Waals surface area contributed by atoms with Crippen LogP contribution in [0.1, 0.15) is 18.4 Å². The van der Waals surface area contributed by atoms with E-state index in [2.05, 4.69) is 6.42 Å². The van der Waals surface area contributed by atoms with Gasteiger partial charge in [0.1, 0.15) is 0 Å². The van der Waals surface area contributed by atoms with Crippen LogP contribution in [0.5, 0.6) is 0 Å². The average molecular weight is 318 g/mol. The normalized spacial score (nSPS) is 27.0. The van der Waals surface area contributed by atoms with Crippen LogP contribution < -0.4 is 0 Å². The predicted octanol–water partition coefficient (Wildman–Crippen LogP) is 2.94. The van der Waals surface area contributed by atoms with Crippen molar-refractivity contribution in [3.05, 3.63) is 36.2 Å². The first-order chi connectivity index (χ1) is 9.78. The molecule has 21 heavy (non-hydrogen) atoms. The molecule has 1 saturated heterocycles. The zero-order valence-corrected chi connectivity index (χ0v) is 12.0. The van der Waals surface area contributed by atoms with Gasteiger partial charge in [-0.05, 0) is 49.3 Å². The highest BCUT2D eigenvalue weighted by Gasteiger charge is 2.42. The SMILES string of the molecule is O=S(=O)(c1cccc(C(F)(F)F)c1)N1CC2[CH]CCC2C1. The summed E-state index contributed by atoms with van der Waals surface area (Å²) in [4.78, 5) is -0.280. The van der Waals surface area contributed by atoms with Crippen molar-refractivity contribution in [2.45, 2.75) is 23.9 Å². The van der Waals surface area contributed by atoms with Crippen molar-refractivity contribution in [3.8, 4) is 0 Å². The first-order valence-electron chi connectivity index (χ1n) is 6.79. The molecular formula is C14H15F3NO2S. The number of nitrogens with zero attached hydrogens (tertiary/aromatic N) is 1. The van der Waals surface area contributed by atoms with Crippen LogP contribution in [0, 0.1) is 18.3 Å². The molecule has 1 radical (unpaired) electrons. The van der Waals surface area contributed by atoms with Crippen molar-refractivity contribution in [2.75, 3.05) is 13.1 Å². The molecule has 1 aromatic rings. The van der Waals surface area contributed by atoms with E-state index in [1.165, 1.54) is 10.4 Å². The lowest BCUT2D eigenvalue weighted by Crippen LogP contribution is -2.30. The first-order valence-corrected chi connectivity index (χ1v) is 8.23. The molecule has 3 rings (SSSR count). The topological polar surface area (TPSA) is 37.4 Å². The standard InChI is InChI=1S/C14H15F3NO2S/c15-14(16,17)12-5-2-6-13(7-12)21(19,20)18-8-10-3-1-4-11(10)9-18/h2-3,5-7,10-11H,1,4,8-9H2. The zero-order chi connectivity index (χ0) is 15.3. The third-order valence-corrected chi connectivity index (χ3v) is 6.09. The molecule has 0 bridgehead atoms. The number of benzene rings is 1. The molecule has 1 aromatic carbocycles. The quantitative estimate of drug-likeness (QED) is 0.841. The summed E-state index contributed by atoms with van der Waals surface area (Å²) < 4.78 is 64.4. The van der Waals surface area contributed by atoms with Crippen molar-refractivity contribution in [2.24, 2.45) is 11.8 Å². The number of alkyl halides is 3. The van der Waals surface area contributed by atoms with Crippen LogP contribution >= 0.6 is 0 Å². The van der Waals surface area contributed by atoms with Crippen LogP contribution in [0.3, 0.4) is 0 Å². The summed E-state index contributed by atoms with van der Waals surface area (Å²) in [7, 11) is -3.85. The van der Waals surface area contributed by atoms with Crippen LogP contribution in [0.15, 0.2) is 29.2 Å². The Balaban J connectivity index is 1.89. The summed E-state index contributed by atoms with van der Waals surface area (Å²) in [6, 6.07) is 3.96. The number of rotatable bonds is 2. The van der Waals surface area contributed by atoms with Crippen LogP contribution in [-0.2, 0) is 16.2 Å². The van der Waals surface area contributed by atoms with Gasteiger partial charge in [0, 0.05) is 13.1 Å². The molecule has 2 atom stereocenters. The van der Waals surface area contributed by atoms with E-state index in [-0.39, 0.29) is 10.8 Å². The largest absolute Gasteiger partial charge is 0.416 e. The molecular weight excluding hydrogens is 303 g/mol. The van der Waals surface area contributed by atoms with E-state index < -0.39 is 21.8 Å². The Morgan fingerprint density at radius 1 is 1.19 bits per heavy atom. The van der Waals surface area contributed by atoms with Gasteiger partial charge in [-0.1, -0.05) is 6.07 Å². The van der Waals surface area contributed by atoms with Crippen molar-refractivity contribution in [1.82, 2.24) is 4.31 Å². The molecule has 0 amide bonds. The van der Waals surface area contributed by atoms with E-state index in [1.54, 1.807) is 0 Å². The molecule has 3 nitrogen and oxygen atoms in total. The van der Waals surface area contributed by atoms with Crippen LogP contribution in [0.4, 0.5) is 13.2 Å². The van der Waals surface area contributed by atoms with Crippen molar-refractivity contribution >= 4 is 10.0 Å². The minimum absolute atomic E-state index is 0.241. The first kappa shape index (κ1) is 14.8. The summed E-state index contributed by atoms with van der Waals surface area (Å²) >= 11 is 0. The van der Waals surface area contributed by atoms with Crippen molar-refractivity contribution in [3.63, 3.8) is 0 Å². The second-order valence-electron chi connectivity index (χ2n) is 5.58. The number of hydrogen-bond donors (Lipinski definition) is 0. The Morgan fingerprint density at radius 3 is 2.62 bits per heavy atom. The van der Waals surface area contributed by atoms with Gasteiger partial charge >= 0.3 is 6.18 Å². The summed E-state index contributed by atoms with van der Waals surface area (Å²) in [5.74, 6) is 0.552. The predicted molar refractivity (Wildman–Crippen MR) is 70.7 cm³/mol. The Labute approximate surface area is 121 Å². The van der Waals surface area contributed by atoms with Gasteiger partial charge in [0.25, 0.3) is 0 Å². The third kappa shape index (κ3) is 2.68. The maximum atomic E-state index is 12.7. The van der Waals surface area contributed by atoms with Crippen LogP contribution in [-0.4, -0.2) is 25.8 Å². The Morgan fingerprint density at radius 2 is 1.95 bits per heavy atom. The van der Waals surface area contributed by atoms with Gasteiger partial charge in [-0.2, -0.15) is 17.5 Å². The molecule has 2 fully saturated rings. The lowest BCUT2D eigenvalue weighted by molar-refractivity contribution is -0.137. The highest BCUT2D eigenvalue weighted by molar-refractivity contribution is 7.89. The lowest BCUT2D eigenvalue weighted by atomic mass is 10.0. The lowest BCUT2D eigenvalue weighted by Gasteiger charge is -2.18. The molecule has 0 aromatic heterocycles. The van der Waals surface area contributed by atoms with Crippen molar-refractivity contribution in [1.29, 1.82) is 0 Å². The van der Waals surface area contributed by atoms with Gasteiger partial charge in [0.15, 0.2) is 0 Å². The van der Waals surface area contributed by atoms with E-state index in [0.717, 1.165) is 25.0 Å². The summed E-state index contributed by atoms with van der Waals surface area (Å²) in [5.41, 5.74) is -0.936. The zero-order valence-electron chi connectivity index (χ0n) is 11.2. The van der Waals surface area contributed by atoms with Gasteiger partial charge in [0.05, 0.1) is 10.5 Å². The molecule has 1 saturated carbocycles. The Kier molecular flexibility index (Phi) is 3.52. The molecule has 0 spiro atoms. The smallest absolute Gasteiger partial charge is 0.207 e. The maximum Gasteiger partial charge on any atom is 0.416 e. The fourth-order valence-corrected chi connectivity index (χ4v) is 4.71. The fraction of sp³-hybridized carbons (Fsp3) is 0.500. The average Bonchev–Trinajstić information content (AvgIpc) is 2.98. The molecule has 2 unspecified atom stereocenters. The fourth-order valence-electron chi connectivity index (χ4n) is 3.13. The van der Waals surface area contributed by atoms with E-state index in [1.807, 2.05) is 0 Å². The number of sulfonamides is 1. The summed E-state index contributed by atoms with van der Waals surface area (Å²) in [5, 5.41) is 0. The molecule has 1 aliphatic heterocycles. The molecule has 0 N–H and O–H groups in total. The number of fused-ring (bicyclic) bond motifs is 1. The molecule has 1 heterocycles. The number of hydrogen-bond acceptors (Lipinski definition) is 2. The Bertz CT molecular complexity index is 630. The van der Waals surface area contributed by atoms with Gasteiger partial charge in [-0.25, -0.2) is 8.42 Å². The third-order valence-electron chi connectivity index (χ3n) is 4.26. The van der Waals surface area contributed by atoms with E-state index >= 15 is 0 Å². The molecule has 1 aliphatic carbocycles. The second kappa shape index (κ2) is 4.98. The minimum atomic E-state index is -4.54. The number of halogens is 3. The van der Waals surface area contributed by atoms with Crippen LogP contribution in [0.25, 0.3) is 0 Å². The molecule has 7 heteroatoms. The second-order valence-corrected chi connectivity index (χ2v) is 7.52. The van der Waals surface area contributed by atoms with Crippen molar-refractivity contribution < 1.29 is 21.6 Å². The van der Waals surface area contributed by atoms with Gasteiger partial charge in [-0.15, -0.1) is 0 Å². The van der Waals surface area contributed by atoms with E-state index in [0.29, 0.717) is 25.1 Å². The summed E-state index contributed by atoms with van der Waals surface area (Å²) in [6.45, 7) is 0.781. The minimum Gasteiger partial charge on any atom is -0.207 e.